The Kier molecular flexibility index (Phi) is 4.87. The smallest absolute Gasteiger partial charge is 0.225 e. The van der Waals surface area contributed by atoms with Gasteiger partial charge in [0.1, 0.15) is 11.5 Å². The summed E-state index contributed by atoms with van der Waals surface area (Å²) < 4.78 is 5.65. The number of rotatable bonds is 3. The van der Waals surface area contributed by atoms with E-state index in [9.17, 15) is 4.79 Å². The van der Waals surface area contributed by atoms with Gasteiger partial charge in [-0.1, -0.05) is 6.92 Å². The minimum absolute atomic E-state index is 0.239. The number of hydrogen-bond donors (Lipinski definition) is 0. The summed E-state index contributed by atoms with van der Waals surface area (Å²) in [5.41, 5.74) is 0. The molecule has 2 aliphatic heterocycles. The fraction of sp³-hybridized carbons (Fsp3) is 0.722. The molecule has 4 heteroatoms. The molecule has 0 unspecified atom stereocenters. The van der Waals surface area contributed by atoms with Crippen LogP contribution < -0.4 is 0 Å². The van der Waals surface area contributed by atoms with Gasteiger partial charge in [-0.2, -0.15) is 0 Å². The number of aryl methyl sites for hydroxylation is 1. The molecule has 0 bridgehead atoms. The normalized spacial score (nSPS) is 22.2. The molecule has 0 spiro atoms. The molecule has 4 nitrogen and oxygen atoms in total. The molecule has 1 aromatic heterocycles. The molecule has 0 radical (unpaired) electrons. The Hall–Kier alpha value is -1.29. The lowest BCUT2D eigenvalue weighted by Gasteiger charge is -2.36. The maximum absolute atomic E-state index is 12.6. The number of piperidine rings is 2. The summed E-state index contributed by atoms with van der Waals surface area (Å²) in [7, 11) is 0. The first-order valence-corrected chi connectivity index (χ1v) is 8.68. The lowest BCUT2D eigenvalue weighted by Crippen LogP contribution is -2.45. The summed E-state index contributed by atoms with van der Waals surface area (Å²) in [5, 5.41) is 0. The molecule has 2 fully saturated rings. The van der Waals surface area contributed by atoms with Gasteiger partial charge in [0, 0.05) is 19.0 Å². The van der Waals surface area contributed by atoms with E-state index in [1.54, 1.807) is 0 Å². The third kappa shape index (κ3) is 3.72. The molecule has 1 aromatic rings. The van der Waals surface area contributed by atoms with Crippen LogP contribution in [-0.4, -0.2) is 41.9 Å². The second-order valence-electron chi connectivity index (χ2n) is 7.07. The number of amides is 1. The molecule has 3 rings (SSSR count). The van der Waals surface area contributed by atoms with Crippen molar-refractivity contribution in [2.24, 2.45) is 11.8 Å². The van der Waals surface area contributed by atoms with Crippen molar-refractivity contribution >= 4 is 5.91 Å². The van der Waals surface area contributed by atoms with E-state index in [1.807, 2.05) is 13.0 Å². The van der Waals surface area contributed by atoms with Crippen molar-refractivity contribution < 1.29 is 9.21 Å². The average Bonchev–Trinajstić information content (AvgIpc) is 2.93. The molecule has 0 aliphatic carbocycles. The maximum Gasteiger partial charge on any atom is 0.225 e. The van der Waals surface area contributed by atoms with Gasteiger partial charge in [-0.15, -0.1) is 0 Å². The van der Waals surface area contributed by atoms with Crippen molar-refractivity contribution in [3.63, 3.8) is 0 Å². The van der Waals surface area contributed by atoms with E-state index in [4.69, 9.17) is 4.42 Å². The third-order valence-electron chi connectivity index (χ3n) is 5.21. The van der Waals surface area contributed by atoms with Crippen LogP contribution in [0.1, 0.15) is 44.1 Å². The van der Waals surface area contributed by atoms with Crippen molar-refractivity contribution in [3.8, 4) is 0 Å². The molecular formula is C18H28N2O2. The fourth-order valence-electron chi connectivity index (χ4n) is 3.62. The number of likely N-dealkylation sites (tertiary alicyclic amines) is 2. The van der Waals surface area contributed by atoms with E-state index in [-0.39, 0.29) is 5.92 Å². The Morgan fingerprint density at radius 1 is 1.14 bits per heavy atom. The van der Waals surface area contributed by atoms with Gasteiger partial charge < -0.3 is 9.32 Å². The Morgan fingerprint density at radius 3 is 2.41 bits per heavy atom. The molecule has 0 saturated carbocycles. The minimum atomic E-state index is 0.239. The fourth-order valence-corrected chi connectivity index (χ4v) is 3.62. The number of furan rings is 1. The zero-order valence-corrected chi connectivity index (χ0v) is 13.9. The summed E-state index contributed by atoms with van der Waals surface area (Å²) in [6.07, 6.45) is 4.32. The first-order valence-electron chi connectivity index (χ1n) is 8.68. The van der Waals surface area contributed by atoms with Gasteiger partial charge in [0.2, 0.25) is 5.91 Å². The van der Waals surface area contributed by atoms with E-state index in [0.717, 1.165) is 63.0 Å². The van der Waals surface area contributed by atoms with Crippen LogP contribution in [0.5, 0.6) is 0 Å². The SMILES string of the molecule is Cc1ccc(CN2CCC(C(=O)N3CCC(C)CC3)CC2)o1. The van der Waals surface area contributed by atoms with Crippen LogP contribution in [0, 0.1) is 18.8 Å². The molecular weight excluding hydrogens is 276 g/mol. The molecule has 0 aromatic carbocycles. The Bertz CT molecular complexity index is 495. The largest absolute Gasteiger partial charge is 0.465 e. The van der Waals surface area contributed by atoms with Gasteiger partial charge in [0.05, 0.1) is 6.54 Å². The Balaban J connectivity index is 1.46. The van der Waals surface area contributed by atoms with E-state index in [2.05, 4.69) is 22.8 Å². The molecule has 0 N–H and O–H groups in total. The number of hydrogen-bond acceptors (Lipinski definition) is 3. The van der Waals surface area contributed by atoms with E-state index < -0.39 is 0 Å². The summed E-state index contributed by atoms with van der Waals surface area (Å²) >= 11 is 0. The highest BCUT2D eigenvalue weighted by atomic mass is 16.3. The number of carbonyl (C=O) groups is 1. The highest BCUT2D eigenvalue weighted by Crippen LogP contribution is 2.24. The van der Waals surface area contributed by atoms with Crippen molar-refractivity contribution in [1.82, 2.24) is 9.80 Å². The van der Waals surface area contributed by atoms with Gasteiger partial charge in [-0.05, 0) is 63.7 Å². The van der Waals surface area contributed by atoms with E-state index in [1.165, 1.54) is 12.8 Å². The van der Waals surface area contributed by atoms with Gasteiger partial charge in [-0.3, -0.25) is 9.69 Å². The Morgan fingerprint density at radius 2 is 1.82 bits per heavy atom. The zero-order valence-electron chi connectivity index (χ0n) is 13.9. The Labute approximate surface area is 133 Å². The highest BCUT2D eigenvalue weighted by Gasteiger charge is 2.30. The lowest BCUT2D eigenvalue weighted by molar-refractivity contribution is -0.138. The standard InChI is InChI=1S/C18H28N2O2/c1-14-5-11-20(12-6-14)18(21)16-7-9-19(10-8-16)13-17-4-3-15(2)22-17/h3-4,14,16H,5-13H2,1-2H3. The molecule has 2 aliphatic rings. The van der Waals surface area contributed by atoms with Crippen molar-refractivity contribution in [3.05, 3.63) is 23.7 Å². The predicted molar refractivity (Wildman–Crippen MR) is 86.4 cm³/mol. The zero-order chi connectivity index (χ0) is 15.5. The topological polar surface area (TPSA) is 36.7 Å². The van der Waals surface area contributed by atoms with Crippen molar-refractivity contribution in [1.29, 1.82) is 0 Å². The summed E-state index contributed by atoms with van der Waals surface area (Å²) in [6, 6.07) is 4.07. The average molecular weight is 304 g/mol. The van der Waals surface area contributed by atoms with Gasteiger partial charge in [0.15, 0.2) is 0 Å². The molecule has 1 amide bonds. The number of nitrogens with zero attached hydrogens (tertiary/aromatic N) is 2. The maximum atomic E-state index is 12.6. The second kappa shape index (κ2) is 6.86. The van der Waals surface area contributed by atoms with Crippen LogP contribution in [0.2, 0.25) is 0 Å². The second-order valence-corrected chi connectivity index (χ2v) is 7.07. The quantitative estimate of drug-likeness (QED) is 0.861. The molecule has 122 valence electrons. The van der Waals surface area contributed by atoms with Crippen LogP contribution in [0.3, 0.4) is 0 Å². The predicted octanol–water partition coefficient (Wildman–Crippen LogP) is 3.06. The summed E-state index contributed by atoms with van der Waals surface area (Å²) in [6.45, 7) is 9.07. The van der Waals surface area contributed by atoms with Gasteiger partial charge in [-0.25, -0.2) is 0 Å². The first kappa shape index (κ1) is 15.6. The van der Waals surface area contributed by atoms with Gasteiger partial charge in [0.25, 0.3) is 0 Å². The molecule has 3 heterocycles. The molecule has 22 heavy (non-hydrogen) atoms. The minimum Gasteiger partial charge on any atom is -0.465 e. The van der Waals surface area contributed by atoms with Crippen LogP contribution in [-0.2, 0) is 11.3 Å². The third-order valence-corrected chi connectivity index (χ3v) is 5.21. The monoisotopic (exact) mass is 304 g/mol. The number of carbonyl (C=O) groups excluding carboxylic acids is 1. The van der Waals surface area contributed by atoms with E-state index in [0.29, 0.717) is 5.91 Å². The van der Waals surface area contributed by atoms with Gasteiger partial charge >= 0.3 is 0 Å². The van der Waals surface area contributed by atoms with Crippen LogP contribution in [0.25, 0.3) is 0 Å². The van der Waals surface area contributed by atoms with Crippen molar-refractivity contribution in [2.45, 2.75) is 46.1 Å². The van der Waals surface area contributed by atoms with E-state index >= 15 is 0 Å². The first-order chi connectivity index (χ1) is 10.6. The summed E-state index contributed by atoms with van der Waals surface area (Å²) in [5.74, 6) is 3.43. The summed E-state index contributed by atoms with van der Waals surface area (Å²) in [4.78, 5) is 17.1. The highest BCUT2D eigenvalue weighted by molar-refractivity contribution is 5.79. The molecule has 2 saturated heterocycles. The lowest BCUT2D eigenvalue weighted by atomic mass is 9.92. The van der Waals surface area contributed by atoms with Crippen LogP contribution >= 0.6 is 0 Å². The van der Waals surface area contributed by atoms with Crippen molar-refractivity contribution in [2.75, 3.05) is 26.2 Å². The molecule has 0 atom stereocenters. The van der Waals surface area contributed by atoms with Crippen LogP contribution in [0.4, 0.5) is 0 Å². The van der Waals surface area contributed by atoms with Crippen LogP contribution in [0.15, 0.2) is 16.5 Å².